The van der Waals surface area contributed by atoms with E-state index in [2.05, 4.69) is 0 Å². The van der Waals surface area contributed by atoms with Gasteiger partial charge in [0.1, 0.15) is 0 Å². The van der Waals surface area contributed by atoms with Crippen molar-refractivity contribution in [1.29, 1.82) is 0 Å². The number of nitrogens with two attached hydrogens (primary N) is 1. The Morgan fingerprint density at radius 3 is 2.47 bits per heavy atom. The summed E-state index contributed by atoms with van der Waals surface area (Å²) in [5.74, 6) is 0.00949. The van der Waals surface area contributed by atoms with Gasteiger partial charge in [0.25, 0.3) is 0 Å². The number of benzene rings is 1. The molecule has 0 radical (unpaired) electrons. The number of fused-ring (bicyclic) bond motifs is 1. The summed E-state index contributed by atoms with van der Waals surface area (Å²) >= 11 is 0. The normalized spacial score (nSPS) is 26.2. The van der Waals surface area contributed by atoms with Gasteiger partial charge in [0.15, 0.2) is 0 Å². The SMILES string of the molecule is Nc1ccccc1CCN1C(=O)C2CC2C1=O. The molecule has 1 saturated carbocycles. The van der Waals surface area contributed by atoms with Crippen molar-refractivity contribution in [3.05, 3.63) is 29.8 Å². The van der Waals surface area contributed by atoms with E-state index in [1.807, 2.05) is 24.3 Å². The maximum absolute atomic E-state index is 11.7. The molecule has 2 aliphatic rings. The second-order valence-corrected chi connectivity index (χ2v) is 4.73. The maximum atomic E-state index is 11.7. The molecule has 1 heterocycles. The van der Waals surface area contributed by atoms with Crippen LogP contribution in [0.5, 0.6) is 0 Å². The molecule has 1 saturated heterocycles. The highest BCUT2D eigenvalue weighted by Gasteiger charge is 2.58. The Kier molecular flexibility index (Phi) is 2.18. The van der Waals surface area contributed by atoms with Crippen LogP contribution in [0.15, 0.2) is 24.3 Å². The first-order valence-corrected chi connectivity index (χ1v) is 5.87. The van der Waals surface area contributed by atoms with Gasteiger partial charge in [-0.1, -0.05) is 18.2 Å². The third-order valence-corrected chi connectivity index (χ3v) is 3.62. The van der Waals surface area contributed by atoms with E-state index in [1.165, 1.54) is 4.90 Å². The number of likely N-dealkylation sites (tertiary alicyclic amines) is 1. The first kappa shape index (κ1) is 10.3. The summed E-state index contributed by atoms with van der Waals surface area (Å²) in [6.45, 7) is 0.457. The van der Waals surface area contributed by atoms with E-state index < -0.39 is 0 Å². The Bertz CT molecular complexity index is 478. The first-order valence-electron chi connectivity index (χ1n) is 5.87. The number of para-hydroxylation sites is 1. The van der Waals surface area contributed by atoms with Crippen molar-refractivity contribution >= 4 is 17.5 Å². The number of nitrogen functional groups attached to an aromatic ring is 1. The summed E-state index contributed by atoms with van der Waals surface area (Å²) in [6, 6.07) is 7.55. The highest BCUT2D eigenvalue weighted by atomic mass is 16.2. The van der Waals surface area contributed by atoms with Crippen LogP contribution in [0.3, 0.4) is 0 Å². The Morgan fingerprint density at radius 1 is 1.18 bits per heavy atom. The lowest BCUT2D eigenvalue weighted by atomic mass is 10.1. The van der Waals surface area contributed by atoms with Crippen LogP contribution in [0.1, 0.15) is 12.0 Å². The van der Waals surface area contributed by atoms with Gasteiger partial charge in [0, 0.05) is 12.2 Å². The zero-order valence-corrected chi connectivity index (χ0v) is 9.43. The van der Waals surface area contributed by atoms with Crippen molar-refractivity contribution in [2.45, 2.75) is 12.8 Å². The predicted octanol–water partition coefficient (Wildman–Crippen LogP) is 0.816. The third-order valence-electron chi connectivity index (χ3n) is 3.62. The minimum absolute atomic E-state index is 0.00406. The maximum Gasteiger partial charge on any atom is 0.233 e. The number of carbonyl (C=O) groups excluding carboxylic acids is 2. The Hall–Kier alpha value is -1.84. The van der Waals surface area contributed by atoms with Crippen LogP contribution < -0.4 is 5.73 Å². The molecule has 1 aliphatic heterocycles. The van der Waals surface area contributed by atoms with Gasteiger partial charge in [-0.25, -0.2) is 0 Å². The third kappa shape index (κ3) is 1.60. The molecule has 0 bridgehead atoms. The molecule has 4 nitrogen and oxygen atoms in total. The fourth-order valence-electron chi connectivity index (χ4n) is 2.46. The predicted molar refractivity (Wildman–Crippen MR) is 62.9 cm³/mol. The van der Waals surface area contributed by atoms with E-state index in [9.17, 15) is 9.59 Å². The molecule has 2 N–H and O–H groups in total. The van der Waals surface area contributed by atoms with Crippen molar-refractivity contribution in [2.24, 2.45) is 11.8 Å². The number of hydrogen-bond donors (Lipinski definition) is 1. The van der Waals surface area contributed by atoms with Gasteiger partial charge in [-0.05, 0) is 24.5 Å². The molecule has 2 fully saturated rings. The monoisotopic (exact) mass is 230 g/mol. The summed E-state index contributed by atoms with van der Waals surface area (Å²) in [7, 11) is 0. The number of imide groups is 1. The Labute approximate surface area is 99.4 Å². The molecule has 17 heavy (non-hydrogen) atoms. The van der Waals surface area contributed by atoms with Crippen LogP contribution in [-0.4, -0.2) is 23.3 Å². The number of piperidine rings is 1. The second kappa shape index (κ2) is 3.58. The summed E-state index contributed by atoms with van der Waals surface area (Å²) in [5, 5.41) is 0. The minimum atomic E-state index is -0.00406. The molecule has 1 aliphatic carbocycles. The van der Waals surface area contributed by atoms with Crippen molar-refractivity contribution in [2.75, 3.05) is 12.3 Å². The van der Waals surface area contributed by atoms with Gasteiger partial charge in [-0.2, -0.15) is 0 Å². The number of carbonyl (C=O) groups is 2. The van der Waals surface area contributed by atoms with Gasteiger partial charge in [0.05, 0.1) is 11.8 Å². The molecule has 2 unspecified atom stereocenters. The van der Waals surface area contributed by atoms with E-state index in [0.29, 0.717) is 13.0 Å². The van der Waals surface area contributed by atoms with Crippen LogP contribution in [0.4, 0.5) is 5.69 Å². The topological polar surface area (TPSA) is 63.4 Å². The molecule has 88 valence electrons. The molecular weight excluding hydrogens is 216 g/mol. The lowest BCUT2D eigenvalue weighted by molar-refractivity contribution is -0.141. The molecule has 2 atom stereocenters. The van der Waals surface area contributed by atoms with Crippen molar-refractivity contribution in [1.82, 2.24) is 4.90 Å². The summed E-state index contributed by atoms with van der Waals surface area (Å²) in [6.07, 6.45) is 1.41. The molecule has 0 aromatic heterocycles. The quantitative estimate of drug-likeness (QED) is 0.617. The van der Waals surface area contributed by atoms with Crippen LogP contribution >= 0.6 is 0 Å². The van der Waals surface area contributed by atoms with Gasteiger partial charge in [-0.3, -0.25) is 14.5 Å². The van der Waals surface area contributed by atoms with E-state index in [0.717, 1.165) is 17.7 Å². The Balaban J connectivity index is 1.67. The van der Waals surface area contributed by atoms with Crippen molar-refractivity contribution < 1.29 is 9.59 Å². The smallest absolute Gasteiger partial charge is 0.233 e. The lowest BCUT2D eigenvalue weighted by Crippen LogP contribution is -2.34. The number of rotatable bonds is 3. The van der Waals surface area contributed by atoms with E-state index in [1.54, 1.807) is 0 Å². The molecular formula is C13H14N2O2. The lowest BCUT2D eigenvalue weighted by Gasteiger charge is -2.16. The number of nitrogens with zero attached hydrogens (tertiary/aromatic N) is 1. The Morgan fingerprint density at radius 2 is 1.82 bits per heavy atom. The fraction of sp³-hybridized carbons (Fsp3) is 0.385. The second-order valence-electron chi connectivity index (χ2n) is 4.73. The van der Waals surface area contributed by atoms with Crippen LogP contribution in [0.2, 0.25) is 0 Å². The summed E-state index contributed by atoms with van der Waals surface area (Å²) < 4.78 is 0. The van der Waals surface area contributed by atoms with Gasteiger partial charge < -0.3 is 5.73 Å². The molecule has 0 spiro atoms. The average Bonchev–Trinajstić information content (AvgIpc) is 3.06. The van der Waals surface area contributed by atoms with Crippen molar-refractivity contribution in [3.63, 3.8) is 0 Å². The van der Waals surface area contributed by atoms with E-state index in [4.69, 9.17) is 5.73 Å². The number of amides is 2. The zero-order valence-electron chi connectivity index (χ0n) is 9.43. The highest BCUT2D eigenvalue weighted by molar-refractivity contribution is 6.08. The van der Waals surface area contributed by atoms with Crippen LogP contribution in [0, 0.1) is 11.8 Å². The average molecular weight is 230 g/mol. The number of hydrogen-bond acceptors (Lipinski definition) is 3. The first-order chi connectivity index (χ1) is 8.18. The van der Waals surface area contributed by atoms with Gasteiger partial charge in [-0.15, -0.1) is 0 Å². The van der Waals surface area contributed by atoms with Crippen LogP contribution in [0.25, 0.3) is 0 Å². The van der Waals surface area contributed by atoms with E-state index in [-0.39, 0.29) is 23.7 Å². The molecule has 3 rings (SSSR count). The molecule has 4 heteroatoms. The van der Waals surface area contributed by atoms with Gasteiger partial charge in [0.2, 0.25) is 11.8 Å². The minimum Gasteiger partial charge on any atom is -0.399 e. The molecule has 1 aromatic rings. The highest BCUT2D eigenvalue weighted by Crippen LogP contribution is 2.46. The van der Waals surface area contributed by atoms with Gasteiger partial charge >= 0.3 is 0 Å². The molecule has 2 amide bonds. The molecule has 1 aromatic carbocycles. The fourth-order valence-corrected chi connectivity index (χ4v) is 2.46. The summed E-state index contributed by atoms with van der Waals surface area (Å²) in [4.78, 5) is 24.9. The van der Waals surface area contributed by atoms with Crippen LogP contribution in [-0.2, 0) is 16.0 Å². The van der Waals surface area contributed by atoms with E-state index >= 15 is 0 Å². The largest absolute Gasteiger partial charge is 0.399 e. The standard InChI is InChI=1S/C13H14N2O2/c14-11-4-2-1-3-8(11)5-6-15-12(16)9-7-10(9)13(15)17/h1-4,9-10H,5-7,14H2. The number of anilines is 1. The zero-order chi connectivity index (χ0) is 12.0. The van der Waals surface area contributed by atoms with Crippen molar-refractivity contribution in [3.8, 4) is 0 Å². The summed E-state index contributed by atoms with van der Waals surface area (Å²) in [5.41, 5.74) is 7.54.